The summed E-state index contributed by atoms with van der Waals surface area (Å²) >= 11 is 0. The summed E-state index contributed by atoms with van der Waals surface area (Å²) in [5, 5.41) is 20.8. The van der Waals surface area contributed by atoms with Crippen LogP contribution in [0.2, 0.25) is 0 Å². The van der Waals surface area contributed by atoms with Crippen molar-refractivity contribution >= 4 is 11.9 Å². The molecule has 2 aliphatic heterocycles. The van der Waals surface area contributed by atoms with E-state index in [1.807, 2.05) is 0 Å². The van der Waals surface area contributed by atoms with Gasteiger partial charge in [0.1, 0.15) is 0 Å². The third kappa shape index (κ3) is 1.89. The molecule has 16 heavy (non-hydrogen) atoms. The largest absolute Gasteiger partial charge is 0.479 e. The van der Waals surface area contributed by atoms with Crippen LogP contribution in [0, 0.1) is 0 Å². The van der Waals surface area contributed by atoms with Crippen molar-refractivity contribution < 1.29 is 29.3 Å². The molecule has 0 amide bonds. The maximum absolute atomic E-state index is 10.9. The highest BCUT2D eigenvalue weighted by molar-refractivity contribution is 5.84. The maximum atomic E-state index is 10.9. The van der Waals surface area contributed by atoms with E-state index in [0.29, 0.717) is 25.9 Å². The van der Waals surface area contributed by atoms with Crippen LogP contribution in [0.5, 0.6) is 0 Å². The van der Waals surface area contributed by atoms with E-state index in [1.165, 1.54) is 0 Å². The average Bonchev–Trinajstić information content (AvgIpc) is 2.59. The monoisotopic (exact) mass is 231 g/mol. The minimum Gasteiger partial charge on any atom is -0.479 e. The minimum absolute atomic E-state index is 0.459. The summed E-state index contributed by atoms with van der Waals surface area (Å²) < 4.78 is 10.6. The standard InChI is InChI=1S/C9H13NO6/c11-7(12)5-6(8(13)14)16-9(15-5)1-3-10-4-2-9/h5-6,10H,1-4H2,(H,11,12)(H,13,14). The van der Waals surface area contributed by atoms with Gasteiger partial charge in [-0.05, 0) is 0 Å². The topological polar surface area (TPSA) is 105 Å². The van der Waals surface area contributed by atoms with Gasteiger partial charge < -0.3 is 25.0 Å². The molecule has 3 N–H and O–H groups in total. The van der Waals surface area contributed by atoms with Crippen LogP contribution >= 0.6 is 0 Å². The number of carboxylic acid groups (broad SMARTS) is 2. The lowest BCUT2D eigenvalue weighted by Gasteiger charge is -2.31. The molecule has 0 radical (unpaired) electrons. The maximum Gasteiger partial charge on any atom is 0.336 e. The van der Waals surface area contributed by atoms with Gasteiger partial charge in [0.2, 0.25) is 0 Å². The normalized spacial score (nSPS) is 32.8. The molecule has 1 spiro atoms. The van der Waals surface area contributed by atoms with Crippen LogP contribution in [0.4, 0.5) is 0 Å². The lowest BCUT2D eigenvalue weighted by molar-refractivity contribution is -0.198. The first-order chi connectivity index (χ1) is 7.54. The van der Waals surface area contributed by atoms with E-state index in [-0.39, 0.29) is 0 Å². The highest BCUT2D eigenvalue weighted by Gasteiger charge is 2.53. The van der Waals surface area contributed by atoms with Crippen molar-refractivity contribution in [3.8, 4) is 0 Å². The van der Waals surface area contributed by atoms with Crippen LogP contribution in [-0.4, -0.2) is 53.2 Å². The van der Waals surface area contributed by atoms with Gasteiger partial charge in [-0.25, -0.2) is 9.59 Å². The number of aliphatic carboxylic acids is 2. The van der Waals surface area contributed by atoms with Crippen LogP contribution in [0.15, 0.2) is 0 Å². The highest BCUT2D eigenvalue weighted by atomic mass is 16.8. The third-order valence-electron chi connectivity index (χ3n) is 2.81. The van der Waals surface area contributed by atoms with Crippen molar-refractivity contribution in [3.63, 3.8) is 0 Å². The molecule has 0 aromatic rings. The van der Waals surface area contributed by atoms with Gasteiger partial charge in [0.15, 0.2) is 18.0 Å². The van der Waals surface area contributed by atoms with Crippen LogP contribution < -0.4 is 5.32 Å². The van der Waals surface area contributed by atoms with Gasteiger partial charge in [-0.15, -0.1) is 0 Å². The molecule has 0 aliphatic carbocycles. The first-order valence-corrected chi connectivity index (χ1v) is 5.06. The lowest BCUT2D eigenvalue weighted by Crippen LogP contribution is -2.43. The molecule has 7 heteroatoms. The summed E-state index contributed by atoms with van der Waals surface area (Å²) in [6.07, 6.45) is -1.92. The van der Waals surface area contributed by atoms with E-state index < -0.39 is 29.9 Å². The molecule has 2 rings (SSSR count). The summed E-state index contributed by atoms with van der Waals surface area (Å²) in [5.74, 6) is -3.65. The number of carbonyl (C=O) groups is 2. The van der Waals surface area contributed by atoms with Gasteiger partial charge in [0.25, 0.3) is 0 Å². The fourth-order valence-corrected chi connectivity index (χ4v) is 2.02. The van der Waals surface area contributed by atoms with Crippen LogP contribution in [0.25, 0.3) is 0 Å². The zero-order valence-corrected chi connectivity index (χ0v) is 8.51. The molecule has 2 aliphatic rings. The van der Waals surface area contributed by atoms with E-state index in [4.69, 9.17) is 19.7 Å². The second-order valence-electron chi connectivity index (χ2n) is 3.91. The van der Waals surface area contributed by atoms with Gasteiger partial charge in [-0.3, -0.25) is 0 Å². The number of ether oxygens (including phenoxy) is 2. The highest BCUT2D eigenvalue weighted by Crippen LogP contribution is 2.35. The summed E-state index contributed by atoms with van der Waals surface area (Å²) in [4.78, 5) is 21.7. The SMILES string of the molecule is O=C(O)C1OC2(CCNCC2)OC1C(=O)O. The van der Waals surface area contributed by atoms with E-state index in [2.05, 4.69) is 5.32 Å². The number of nitrogens with one attached hydrogen (secondary N) is 1. The van der Waals surface area contributed by atoms with Gasteiger partial charge in [0.05, 0.1) is 0 Å². The molecular formula is C9H13NO6. The predicted octanol–water partition coefficient (Wildman–Crippen LogP) is -0.981. The summed E-state index contributed by atoms with van der Waals surface area (Å²) in [5.41, 5.74) is 0. The van der Waals surface area contributed by atoms with Crippen LogP contribution in [0.1, 0.15) is 12.8 Å². The van der Waals surface area contributed by atoms with Crippen molar-refractivity contribution in [1.29, 1.82) is 0 Å². The van der Waals surface area contributed by atoms with Crippen molar-refractivity contribution in [2.75, 3.05) is 13.1 Å². The molecular weight excluding hydrogens is 218 g/mol. The molecule has 2 atom stereocenters. The van der Waals surface area contributed by atoms with E-state index in [1.54, 1.807) is 0 Å². The first kappa shape index (κ1) is 11.3. The second kappa shape index (κ2) is 4.00. The van der Waals surface area contributed by atoms with E-state index in [0.717, 1.165) is 0 Å². The Hall–Kier alpha value is -1.18. The van der Waals surface area contributed by atoms with Gasteiger partial charge >= 0.3 is 11.9 Å². The van der Waals surface area contributed by atoms with Gasteiger partial charge in [-0.1, -0.05) is 0 Å². The fourth-order valence-electron chi connectivity index (χ4n) is 2.02. The summed E-state index contributed by atoms with van der Waals surface area (Å²) in [6.45, 7) is 1.25. The van der Waals surface area contributed by atoms with Crippen LogP contribution in [-0.2, 0) is 19.1 Å². The molecule has 90 valence electrons. The number of rotatable bonds is 2. The zero-order chi connectivity index (χ0) is 11.8. The predicted molar refractivity (Wildman–Crippen MR) is 49.9 cm³/mol. The molecule has 2 saturated heterocycles. The first-order valence-electron chi connectivity index (χ1n) is 5.06. The van der Waals surface area contributed by atoms with Gasteiger partial charge in [0, 0.05) is 25.9 Å². The number of hydrogen-bond donors (Lipinski definition) is 3. The quantitative estimate of drug-likeness (QED) is 0.561. The van der Waals surface area contributed by atoms with Crippen molar-refractivity contribution in [1.82, 2.24) is 5.32 Å². The smallest absolute Gasteiger partial charge is 0.336 e. The minimum atomic E-state index is -1.42. The Morgan fingerprint density at radius 2 is 1.50 bits per heavy atom. The molecule has 2 fully saturated rings. The molecule has 0 aromatic carbocycles. The summed E-state index contributed by atoms with van der Waals surface area (Å²) in [6, 6.07) is 0. The van der Waals surface area contributed by atoms with Gasteiger partial charge in [-0.2, -0.15) is 0 Å². The number of hydrogen-bond acceptors (Lipinski definition) is 5. The number of piperidine rings is 1. The molecule has 2 unspecified atom stereocenters. The Labute approximate surface area is 91.3 Å². The van der Waals surface area contributed by atoms with E-state index >= 15 is 0 Å². The van der Waals surface area contributed by atoms with Crippen molar-refractivity contribution in [2.45, 2.75) is 30.8 Å². The number of carboxylic acids is 2. The molecule has 0 bridgehead atoms. The fraction of sp³-hybridized carbons (Fsp3) is 0.778. The second-order valence-corrected chi connectivity index (χ2v) is 3.91. The Balaban J connectivity index is 2.16. The Bertz CT molecular complexity index is 287. The Morgan fingerprint density at radius 3 is 1.88 bits per heavy atom. The van der Waals surface area contributed by atoms with E-state index in [9.17, 15) is 9.59 Å². The molecule has 7 nitrogen and oxygen atoms in total. The Morgan fingerprint density at radius 1 is 1.06 bits per heavy atom. The van der Waals surface area contributed by atoms with Crippen LogP contribution in [0.3, 0.4) is 0 Å². The lowest BCUT2D eigenvalue weighted by atomic mass is 10.1. The van der Waals surface area contributed by atoms with Crippen molar-refractivity contribution in [2.24, 2.45) is 0 Å². The zero-order valence-electron chi connectivity index (χ0n) is 8.51. The molecule has 0 saturated carbocycles. The third-order valence-corrected chi connectivity index (χ3v) is 2.81. The average molecular weight is 231 g/mol. The Kier molecular flexibility index (Phi) is 2.83. The molecule has 0 aromatic heterocycles. The molecule has 2 heterocycles. The van der Waals surface area contributed by atoms with Crippen molar-refractivity contribution in [3.05, 3.63) is 0 Å². The summed E-state index contributed by atoms with van der Waals surface area (Å²) in [7, 11) is 0.